The highest BCUT2D eigenvalue weighted by Gasteiger charge is 2.22. The van der Waals surface area contributed by atoms with Gasteiger partial charge < -0.3 is 14.5 Å². The zero-order valence-electron chi connectivity index (χ0n) is 10.2. The van der Waals surface area contributed by atoms with E-state index in [1.807, 2.05) is 19.0 Å². The highest BCUT2D eigenvalue weighted by atomic mass is 35.5. The van der Waals surface area contributed by atoms with Crippen LogP contribution in [0.3, 0.4) is 0 Å². The molecule has 1 unspecified atom stereocenters. The molecule has 0 N–H and O–H groups in total. The highest BCUT2D eigenvalue weighted by Crippen LogP contribution is 2.19. The van der Waals surface area contributed by atoms with Crippen molar-refractivity contribution < 1.29 is 4.74 Å². The maximum atomic E-state index is 5.91. The first-order valence-electron chi connectivity index (χ1n) is 5.51. The van der Waals surface area contributed by atoms with E-state index in [0.29, 0.717) is 25.1 Å². The first-order chi connectivity index (χ1) is 8.08. The fourth-order valence-electron chi connectivity index (χ4n) is 1.68. The minimum Gasteiger partial charge on any atom is -0.377 e. The molecule has 94 valence electrons. The Bertz CT molecular complexity index is 400. The largest absolute Gasteiger partial charge is 0.377 e. The number of hydrogen-bond acceptors (Lipinski definition) is 6. The molecule has 1 aromatic heterocycles. The van der Waals surface area contributed by atoms with Crippen molar-refractivity contribution in [1.29, 1.82) is 0 Å². The third-order valence-corrected chi connectivity index (χ3v) is 2.78. The van der Waals surface area contributed by atoms with Crippen molar-refractivity contribution in [2.75, 3.05) is 43.7 Å². The van der Waals surface area contributed by atoms with Crippen molar-refractivity contribution in [2.45, 2.75) is 13.0 Å². The third-order valence-electron chi connectivity index (χ3n) is 2.61. The third kappa shape index (κ3) is 2.76. The van der Waals surface area contributed by atoms with E-state index in [2.05, 4.69) is 26.8 Å². The molecule has 2 heterocycles. The topological polar surface area (TPSA) is 54.4 Å². The quantitative estimate of drug-likeness (QED) is 0.782. The van der Waals surface area contributed by atoms with Crippen LogP contribution in [0.1, 0.15) is 6.92 Å². The SMILES string of the molecule is CC1COCCN1c1nc(Cl)nc(N(C)C)n1. The molecule has 6 nitrogen and oxygen atoms in total. The summed E-state index contributed by atoms with van der Waals surface area (Å²) in [5, 5.41) is 0.220. The van der Waals surface area contributed by atoms with E-state index in [9.17, 15) is 0 Å². The number of halogens is 1. The van der Waals surface area contributed by atoms with Crippen LogP contribution in [-0.4, -0.2) is 54.8 Å². The van der Waals surface area contributed by atoms with Gasteiger partial charge in [0.05, 0.1) is 19.3 Å². The Morgan fingerprint density at radius 1 is 1.35 bits per heavy atom. The lowest BCUT2D eigenvalue weighted by Crippen LogP contribution is -2.44. The molecule has 0 aliphatic carbocycles. The molecule has 0 saturated carbocycles. The summed E-state index contributed by atoms with van der Waals surface area (Å²) in [5.41, 5.74) is 0. The Hall–Kier alpha value is -1.14. The number of anilines is 2. The Balaban J connectivity index is 2.30. The molecule has 0 aromatic carbocycles. The van der Waals surface area contributed by atoms with E-state index < -0.39 is 0 Å². The highest BCUT2D eigenvalue weighted by molar-refractivity contribution is 6.28. The number of ether oxygens (including phenoxy) is 1. The average Bonchev–Trinajstić information content (AvgIpc) is 2.28. The van der Waals surface area contributed by atoms with Gasteiger partial charge in [0.15, 0.2) is 0 Å². The van der Waals surface area contributed by atoms with Crippen LogP contribution in [0.2, 0.25) is 5.28 Å². The van der Waals surface area contributed by atoms with E-state index in [-0.39, 0.29) is 11.3 Å². The fourth-order valence-corrected chi connectivity index (χ4v) is 1.83. The number of rotatable bonds is 2. The summed E-state index contributed by atoms with van der Waals surface area (Å²) in [6.45, 7) is 4.21. The Morgan fingerprint density at radius 3 is 2.76 bits per heavy atom. The van der Waals surface area contributed by atoms with Gasteiger partial charge in [0.25, 0.3) is 0 Å². The van der Waals surface area contributed by atoms with Crippen LogP contribution in [-0.2, 0) is 4.74 Å². The molecule has 0 spiro atoms. The van der Waals surface area contributed by atoms with Crippen molar-refractivity contribution in [1.82, 2.24) is 15.0 Å². The maximum Gasteiger partial charge on any atom is 0.231 e. The maximum absolute atomic E-state index is 5.91. The van der Waals surface area contributed by atoms with Crippen LogP contribution in [0, 0.1) is 0 Å². The van der Waals surface area contributed by atoms with Gasteiger partial charge in [-0.1, -0.05) is 0 Å². The predicted octanol–water partition coefficient (Wildman–Crippen LogP) is 0.816. The molecule has 0 radical (unpaired) electrons. The zero-order chi connectivity index (χ0) is 12.4. The molecule has 17 heavy (non-hydrogen) atoms. The van der Waals surface area contributed by atoms with Crippen LogP contribution in [0.4, 0.5) is 11.9 Å². The Kier molecular flexibility index (Phi) is 3.63. The second-order valence-electron chi connectivity index (χ2n) is 4.22. The second-order valence-corrected chi connectivity index (χ2v) is 4.55. The molecular weight excluding hydrogens is 242 g/mol. The minimum absolute atomic E-state index is 0.220. The van der Waals surface area contributed by atoms with E-state index in [0.717, 1.165) is 6.54 Å². The van der Waals surface area contributed by atoms with Crippen molar-refractivity contribution in [2.24, 2.45) is 0 Å². The smallest absolute Gasteiger partial charge is 0.231 e. The average molecular weight is 258 g/mol. The summed E-state index contributed by atoms with van der Waals surface area (Å²) >= 11 is 5.91. The van der Waals surface area contributed by atoms with Crippen LogP contribution < -0.4 is 9.80 Å². The van der Waals surface area contributed by atoms with E-state index >= 15 is 0 Å². The summed E-state index contributed by atoms with van der Waals surface area (Å²) in [6.07, 6.45) is 0. The van der Waals surface area contributed by atoms with Gasteiger partial charge in [-0.05, 0) is 18.5 Å². The number of aromatic nitrogens is 3. The summed E-state index contributed by atoms with van der Waals surface area (Å²) in [4.78, 5) is 16.5. The van der Waals surface area contributed by atoms with Crippen molar-refractivity contribution in [3.63, 3.8) is 0 Å². The first-order valence-corrected chi connectivity index (χ1v) is 5.89. The summed E-state index contributed by atoms with van der Waals surface area (Å²) in [5.74, 6) is 1.18. The molecule has 1 fully saturated rings. The number of hydrogen-bond donors (Lipinski definition) is 0. The van der Waals surface area contributed by atoms with Gasteiger partial charge >= 0.3 is 0 Å². The van der Waals surface area contributed by atoms with Gasteiger partial charge in [0, 0.05) is 20.6 Å². The molecule has 1 atom stereocenters. The monoisotopic (exact) mass is 257 g/mol. The van der Waals surface area contributed by atoms with Crippen LogP contribution in [0.25, 0.3) is 0 Å². The van der Waals surface area contributed by atoms with E-state index in [1.165, 1.54) is 0 Å². The molecule has 7 heteroatoms. The Morgan fingerprint density at radius 2 is 2.12 bits per heavy atom. The molecule has 1 aliphatic rings. The minimum atomic E-state index is 0.220. The number of morpholine rings is 1. The summed E-state index contributed by atoms with van der Waals surface area (Å²) < 4.78 is 5.39. The predicted molar refractivity (Wildman–Crippen MR) is 66.8 cm³/mol. The van der Waals surface area contributed by atoms with Gasteiger partial charge in [-0.2, -0.15) is 15.0 Å². The molecular formula is C10H16ClN5O. The van der Waals surface area contributed by atoms with Gasteiger partial charge in [-0.3, -0.25) is 0 Å². The van der Waals surface area contributed by atoms with Crippen molar-refractivity contribution in [3.8, 4) is 0 Å². The lowest BCUT2D eigenvalue weighted by Gasteiger charge is -2.33. The van der Waals surface area contributed by atoms with Gasteiger partial charge in [0.1, 0.15) is 0 Å². The molecule has 1 aromatic rings. The van der Waals surface area contributed by atoms with Crippen LogP contribution >= 0.6 is 11.6 Å². The normalized spacial score (nSPS) is 20.5. The van der Waals surface area contributed by atoms with Crippen LogP contribution in [0.15, 0.2) is 0 Å². The summed E-state index contributed by atoms with van der Waals surface area (Å²) in [7, 11) is 3.75. The van der Waals surface area contributed by atoms with Crippen LogP contribution in [0.5, 0.6) is 0 Å². The fraction of sp³-hybridized carbons (Fsp3) is 0.700. The molecule has 2 rings (SSSR count). The second kappa shape index (κ2) is 5.01. The zero-order valence-corrected chi connectivity index (χ0v) is 11.0. The number of nitrogens with zero attached hydrogens (tertiary/aromatic N) is 5. The van der Waals surface area contributed by atoms with Gasteiger partial charge in [0.2, 0.25) is 17.2 Å². The van der Waals surface area contributed by atoms with Crippen molar-refractivity contribution >= 4 is 23.5 Å². The first kappa shape index (κ1) is 12.3. The van der Waals surface area contributed by atoms with Crippen molar-refractivity contribution in [3.05, 3.63) is 5.28 Å². The van der Waals surface area contributed by atoms with E-state index in [4.69, 9.17) is 16.3 Å². The molecule has 1 saturated heterocycles. The van der Waals surface area contributed by atoms with Gasteiger partial charge in [-0.15, -0.1) is 0 Å². The molecule has 0 amide bonds. The lowest BCUT2D eigenvalue weighted by atomic mass is 10.3. The molecule has 1 aliphatic heterocycles. The van der Waals surface area contributed by atoms with Gasteiger partial charge in [-0.25, -0.2) is 0 Å². The standard InChI is InChI=1S/C10H16ClN5O/c1-7-6-17-5-4-16(7)10-13-8(11)12-9(14-10)15(2)3/h7H,4-6H2,1-3H3. The molecule has 0 bridgehead atoms. The lowest BCUT2D eigenvalue weighted by molar-refractivity contribution is 0.0980. The summed E-state index contributed by atoms with van der Waals surface area (Å²) in [6, 6.07) is 0.247. The van der Waals surface area contributed by atoms with E-state index in [1.54, 1.807) is 0 Å². The Labute approximate surface area is 106 Å².